The molecule has 0 radical (unpaired) electrons. The van der Waals surface area contributed by atoms with Gasteiger partial charge in [0, 0.05) is 18.2 Å². The van der Waals surface area contributed by atoms with E-state index < -0.39 is 17.8 Å². The van der Waals surface area contributed by atoms with Gasteiger partial charge in [-0.3, -0.25) is 9.79 Å². The van der Waals surface area contributed by atoms with E-state index >= 15 is 4.39 Å². The summed E-state index contributed by atoms with van der Waals surface area (Å²) in [4.78, 5) is 32.1. The lowest BCUT2D eigenvalue weighted by Crippen LogP contribution is -2.42. The van der Waals surface area contributed by atoms with Gasteiger partial charge in [-0.15, -0.1) is 12.3 Å². The molecule has 0 aliphatic carbocycles. The highest BCUT2D eigenvalue weighted by molar-refractivity contribution is 6.43. The molecule has 0 spiro atoms. The number of carbonyl (C=O) groups excluding carboxylic acids is 1. The third kappa shape index (κ3) is 8.13. The second-order valence-electron chi connectivity index (χ2n) is 10.1. The van der Waals surface area contributed by atoms with Gasteiger partial charge in [0.2, 0.25) is 0 Å². The predicted octanol–water partition coefficient (Wildman–Crippen LogP) is 6.85. The third-order valence-electron chi connectivity index (χ3n) is 6.96. The van der Waals surface area contributed by atoms with E-state index in [9.17, 15) is 14.7 Å². The van der Waals surface area contributed by atoms with Crippen LogP contribution in [0.3, 0.4) is 0 Å². The van der Waals surface area contributed by atoms with Crippen LogP contribution in [0.15, 0.2) is 53.2 Å². The van der Waals surface area contributed by atoms with Crippen LogP contribution in [0, 0.1) is 12.7 Å². The molecular formula is C31H41FN2O3. The number of allylic oxidation sites excluding steroid dienone is 1. The maximum atomic E-state index is 15.5. The molecule has 1 N–H and O–H groups in total. The average Bonchev–Trinajstić information content (AvgIpc) is 3.06. The molecule has 2 rings (SSSR count). The molecular weight excluding hydrogens is 467 g/mol. The van der Waals surface area contributed by atoms with Gasteiger partial charge in [0.05, 0.1) is 6.04 Å². The molecule has 1 aliphatic heterocycles. The maximum absolute atomic E-state index is 15.5. The zero-order valence-corrected chi connectivity index (χ0v) is 23.0. The zero-order chi connectivity index (χ0) is 27.7. The van der Waals surface area contributed by atoms with Crippen molar-refractivity contribution in [3.63, 3.8) is 0 Å². The summed E-state index contributed by atoms with van der Waals surface area (Å²) in [6.45, 7) is 17.7. The summed E-state index contributed by atoms with van der Waals surface area (Å²) in [7, 11) is 0. The van der Waals surface area contributed by atoms with Gasteiger partial charge < -0.3 is 10.0 Å². The molecule has 37 heavy (non-hydrogen) atoms. The number of benzene rings is 1. The van der Waals surface area contributed by atoms with Crippen LogP contribution in [0.25, 0.3) is 5.57 Å². The number of carboxylic acid groups (broad SMARTS) is 1. The lowest BCUT2D eigenvalue weighted by molar-refractivity contribution is -0.130. The molecule has 1 amide bonds. The summed E-state index contributed by atoms with van der Waals surface area (Å²) in [5.74, 6) is -1.77. The number of hydrogen-bond donors (Lipinski definition) is 1. The fourth-order valence-electron chi connectivity index (χ4n) is 4.69. The summed E-state index contributed by atoms with van der Waals surface area (Å²) in [6.07, 6.45) is 7.59. The summed E-state index contributed by atoms with van der Waals surface area (Å²) < 4.78 is 15.5. The van der Waals surface area contributed by atoms with Crippen LogP contribution in [0.1, 0.15) is 82.9 Å². The minimum absolute atomic E-state index is 0.0804. The number of hydrogen-bond acceptors (Lipinski definition) is 3. The molecule has 0 saturated carbocycles. The molecule has 0 aromatic heterocycles. The third-order valence-corrected chi connectivity index (χ3v) is 6.96. The van der Waals surface area contributed by atoms with Gasteiger partial charge in [0.15, 0.2) is 0 Å². The van der Waals surface area contributed by atoms with E-state index in [4.69, 9.17) is 4.99 Å². The van der Waals surface area contributed by atoms with Gasteiger partial charge in [-0.05, 0) is 77.0 Å². The first-order valence-corrected chi connectivity index (χ1v) is 13.1. The minimum atomic E-state index is -1.21. The monoisotopic (exact) mass is 508 g/mol. The van der Waals surface area contributed by atoms with Gasteiger partial charge >= 0.3 is 5.97 Å². The molecule has 1 saturated heterocycles. The molecule has 1 heterocycles. The topological polar surface area (TPSA) is 70.0 Å². The van der Waals surface area contributed by atoms with Gasteiger partial charge in [0.25, 0.3) is 5.91 Å². The number of likely N-dealkylation sites (tertiary alicyclic amines) is 1. The number of carboxylic acids is 1. The molecule has 1 aliphatic rings. The van der Waals surface area contributed by atoms with Gasteiger partial charge in [-0.1, -0.05) is 49.6 Å². The van der Waals surface area contributed by atoms with Crippen LogP contribution in [0.2, 0.25) is 0 Å². The van der Waals surface area contributed by atoms with Crippen molar-refractivity contribution in [2.45, 2.75) is 91.6 Å². The van der Waals surface area contributed by atoms with Crippen LogP contribution in [-0.2, 0) is 16.0 Å². The molecule has 1 fully saturated rings. The Labute approximate surface area is 221 Å². The largest absolute Gasteiger partial charge is 0.477 e. The highest BCUT2D eigenvalue weighted by atomic mass is 19.1. The molecule has 200 valence electrons. The second kappa shape index (κ2) is 13.9. The van der Waals surface area contributed by atoms with Crippen molar-refractivity contribution in [1.29, 1.82) is 0 Å². The van der Waals surface area contributed by atoms with Crippen molar-refractivity contribution in [1.82, 2.24) is 4.90 Å². The number of nitrogens with zero attached hydrogens (tertiary/aromatic N) is 2. The Morgan fingerprint density at radius 3 is 2.59 bits per heavy atom. The Kier molecular flexibility index (Phi) is 11.3. The van der Waals surface area contributed by atoms with Crippen LogP contribution >= 0.6 is 0 Å². The van der Waals surface area contributed by atoms with Crippen LogP contribution < -0.4 is 0 Å². The van der Waals surface area contributed by atoms with Crippen molar-refractivity contribution in [2.75, 3.05) is 6.54 Å². The molecule has 2 atom stereocenters. The van der Waals surface area contributed by atoms with Crippen molar-refractivity contribution >= 4 is 23.2 Å². The smallest absolute Gasteiger partial charge is 0.344 e. The molecule has 2 unspecified atom stereocenters. The van der Waals surface area contributed by atoms with Crippen LogP contribution in [-0.4, -0.2) is 46.2 Å². The van der Waals surface area contributed by atoms with E-state index in [-0.39, 0.29) is 35.1 Å². The Balaban J connectivity index is 2.52. The number of carbonyl (C=O) groups is 2. The average molecular weight is 509 g/mol. The van der Waals surface area contributed by atoms with E-state index in [2.05, 4.69) is 25.8 Å². The van der Waals surface area contributed by atoms with E-state index in [1.54, 1.807) is 19.1 Å². The van der Waals surface area contributed by atoms with Gasteiger partial charge in [0.1, 0.15) is 17.1 Å². The second-order valence-corrected chi connectivity index (χ2v) is 10.1. The molecule has 5 nitrogen and oxygen atoms in total. The summed E-state index contributed by atoms with van der Waals surface area (Å²) in [5.41, 5.74) is 5.44. The highest BCUT2D eigenvalue weighted by Gasteiger charge is 2.26. The van der Waals surface area contributed by atoms with Gasteiger partial charge in [-0.25, -0.2) is 9.18 Å². The molecule has 1 aromatic carbocycles. The Morgan fingerprint density at radius 1 is 1.30 bits per heavy atom. The SMILES string of the molecule is C=C=C(C(=O)O)c1ccc(CC(CC(=C)C)N=C(/C=C(\C)CC)C(=O)N2CCCCCC2C)c(F)c1C. The van der Waals surface area contributed by atoms with Crippen molar-refractivity contribution in [3.05, 3.63) is 70.8 Å². The first-order chi connectivity index (χ1) is 17.5. The number of aliphatic carboxylic acids is 1. The fourth-order valence-corrected chi connectivity index (χ4v) is 4.69. The Hall–Kier alpha value is -3.24. The summed E-state index contributed by atoms with van der Waals surface area (Å²) >= 11 is 0. The lowest BCUT2D eigenvalue weighted by Gasteiger charge is -2.28. The number of rotatable bonds is 10. The van der Waals surface area contributed by atoms with Crippen molar-refractivity contribution in [2.24, 2.45) is 4.99 Å². The number of halogens is 1. The zero-order valence-electron chi connectivity index (χ0n) is 23.0. The Bertz CT molecular complexity index is 1140. The van der Waals surface area contributed by atoms with Crippen molar-refractivity contribution < 1.29 is 19.1 Å². The first-order valence-electron chi connectivity index (χ1n) is 13.1. The predicted molar refractivity (Wildman–Crippen MR) is 149 cm³/mol. The standard InChI is InChI=1S/C31H41FN2O3/c1-8-21(5)18-28(30(35)34-16-12-10-11-13-22(34)6)33-25(17-20(3)4)19-24-14-15-27(23(7)29(24)32)26(9-2)31(36)37/h14-15,18,22,25H,2-3,8,10-13,16-17,19H2,1,4-7H3,(H,36,37)/b21-18+,33-28?. The van der Waals surface area contributed by atoms with Crippen LogP contribution in [0.5, 0.6) is 0 Å². The molecule has 6 heteroatoms. The van der Waals surface area contributed by atoms with Crippen molar-refractivity contribution in [3.8, 4) is 0 Å². The first kappa shape index (κ1) is 30.0. The summed E-state index contributed by atoms with van der Waals surface area (Å²) in [6, 6.07) is 2.92. The van der Waals surface area contributed by atoms with E-state index in [0.717, 1.165) is 43.3 Å². The number of amides is 1. The lowest BCUT2D eigenvalue weighted by atomic mass is 9.94. The van der Waals surface area contributed by atoms with Crippen LogP contribution in [0.4, 0.5) is 4.39 Å². The fraction of sp³-hybridized carbons (Fsp3) is 0.484. The van der Waals surface area contributed by atoms with E-state index in [0.29, 0.717) is 24.2 Å². The van der Waals surface area contributed by atoms with E-state index in [1.807, 2.05) is 31.7 Å². The molecule has 1 aromatic rings. The molecule has 0 bridgehead atoms. The minimum Gasteiger partial charge on any atom is -0.477 e. The normalized spacial score (nSPS) is 17.6. The number of aliphatic imine (C=N–C) groups is 1. The quantitative estimate of drug-likeness (QED) is 0.163. The summed E-state index contributed by atoms with van der Waals surface area (Å²) in [5, 5.41) is 9.41. The highest BCUT2D eigenvalue weighted by Crippen LogP contribution is 2.26. The van der Waals surface area contributed by atoms with E-state index in [1.165, 1.54) is 0 Å². The Morgan fingerprint density at radius 2 is 2.00 bits per heavy atom. The maximum Gasteiger partial charge on any atom is 0.344 e. The van der Waals surface area contributed by atoms with Gasteiger partial charge in [-0.2, -0.15) is 0 Å².